The van der Waals surface area contributed by atoms with Crippen LogP contribution in [0, 0.1) is 18.3 Å². The Morgan fingerprint density at radius 1 is 1.00 bits per heavy atom. The van der Waals surface area contributed by atoms with E-state index in [0.29, 0.717) is 12.1 Å². The van der Waals surface area contributed by atoms with Crippen molar-refractivity contribution in [2.45, 2.75) is 13.5 Å². The van der Waals surface area contributed by atoms with Crippen LogP contribution in [-0.2, 0) is 6.54 Å². The minimum absolute atomic E-state index is 0.676. The molecule has 108 valence electrons. The van der Waals surface area contributed by atoms with E-state index in [2.05, 4.69) is 28.5 Å². The summed E-state index contributed by atoms with van der Waals surface area (Å²) >= 11 is 0. The fraction of sp³-hybridized carbons (Fsp3) is 0.105. The zero-order valence-corrected chi connectivity index (χ0v) is 12.4. The SMILES string of the molecule is Cc1c(-c2ccccc2)[nH]c(NCc2ccccc2)c1C#N. The van der Waals surface area contributed by atoms with Crippen LogP contribution in [0.5, 0.6) is 0 Å². The quantitative estimate of drug-likeness (QED) is 0.743. The number of aromatic nitrogens is 1. The predicted molar refractivity (Wildman–Crippen MR) is 89.4 cm³/mol. The molecule has 3 rings (SSSR count). The Kier molecular flexibility index (Phi) is 3.93. The summed E-state index contributed by atoms with van der Waals surface area (Å²) in [6.07, 6.45) is 0. The lowest BCUT2D eigenvalue weighted by Crippen LogP contribution is -2.00. The number of aromatic amines is 1. The van der Waals surface area contributed by atoms with Gasteiger partial charge in [0.25, 0.3) is 0 Å². The fourth-order valence-corrected chi connectivity index (χ4v) is 2.55. The van der Waals surface area contributed by atoms with Crippen LogP contribution in [0.15, 0.2) is 60.7 Å². The third kappa shape index (κ3) is 2.72. The molecule has 0 aliphatic carbocycles. The Morgan fingerprint density at radius 3 is 2.27 bits per heavy atom. The van der Waals surface area contributed by atoms with Gasteiger partial charge >= 0.3 is 0 Å². The zero-order valence-electron chi connectivity index (χ0n) is 12.4. The highest BCUT2D eigenvalue weighted by Crippen LogP contribution is 2.30. The largest absolute Gasteiger partial charge is 0.366 e. The molecule has 1 heterocycles. The highest BCUT2D eigenvalue weighted by atomic mass is 15.0. The van der Waals surface area contributed by atoms with Crippen LogP contribution in [0.3, 0.4) is 0 Å². The van der Waals surface area contributed by atoms with Crippen LogP contribution in [0.1, 0.15) is 16.7 Å². The second-order valence-corrected chi connectivity index (χ2v) is 5.19. The number of H-pyrrole nitrogens is 1. The summed E-state index contributed by atoms with van der Waals surface area (Å²) in [6, 6.07) is 22.5. The number of nitrogens with zero attached hydrogens (tertiary/aromatic N) is 1. The summed E-state index contributed by atoms with van der Waals surface area (Å²) in [5.74, 6) is 0.780. The van der Waals surface area contributed by atoms with Gasteiger partial charge in [0.2, 0.25) is 0 Å². The first-order chi connectivity index (χ1) is 10.8. The molecule has 0 radical (unpaired) electrons. The van der Waals surface area contributed by atoms with Gasteiger partial charge in [0, 0.05) is 6.54 Å². The van der Waals surface area contributed by atoms with Crippen LogP contribution in [0.4, 0.5) is 5.82 Å². The van der Waals surface area contributed by atoms with Crippen LogP contribution in [0.2, 0.25) is 0 Å². The zero-order chi connectivity index (χ0) is 15.4. The molecule has 3 nitrogen and oxygen atoms in total. The van der Waals surface area contributed by atoms with E-state index in [9.17, 15) is 5.26 Å². The second kappa shape index (κ2) is 6.19. The summed E-state index contributed by atoms with van der Waals surface area (Å²) in [5.41, 5.74) is 4.91. The molecule has 22 heavy (non-hydrogen) atoms. The van der Waals surface area contributed by atoms with E-state index in [1.54, 1.807) is 0 Å². The molecular weight excluding hydrogens is 270 g/mol. The van der Waals surface area contributed by atoms with Gasteiger partial charge < -0.3 is 10.3 Å². The Hall–Kier alpha value is -2.99. The first kappa shape index (κ1) is 14.0. The van der Waals surface area contributed by atoms with Gasteiger partial charge in [-0.2, -0.15) is 5.26 Å². The average Bonchev–Trinajstić information content (AvgIpc) is 2.90. The summed E-state index contributed by atoms with van der Waals surface area (Å²) in [7, 11) is 0. The molecule has 0 bridgehead atoms. The van der Waals surface area contributed by atoms with E-state index in [4.69, 9.17) is 0 Å². The van der Waals surface area contributed by atoms with E-state index in [-0.39, 0.29) is 0 Å². The Labute approximate surface area is 130 Å². The molecule has 0 fully saturated rings. The maximum Gasteiger partial charge on any atom is 0.122 e. The molecule has 0 saturated heterocycles. The first-order valence-corrected chi connectivity index (χ1v) is 7.25. The molecule has 3 heteroatoms. The minimum atomic E-state index is 0.676. The van der Waals surface area contributed by atoms with Gasteiger partial charge in [0.15, 0.2) is 0 Å². The van der Waals surface area contributed by atoms with Crippen molar-refractivity contribution >= 4 is 5.82 Å². The maximum absolute atomic E-state index is 9.45. The van der Waals surface area contributed by atoms with Gasteiger partial charge in [0.1, 0.15) is 11.9 Å². The van der Waals surface area contributed by atoms with E-state index in [1.807, 2.05) is 55.5 Å². The van der Waals surface area contributed by atoms with Gasteiger partial charge in [-0.15, -0.1) is 0 Å². The molecule has 2 aromatic carbocycles. The Bertz CT molecular complexity index is 796. The standard InChI is InChI=1S/C19H17N3/c1-14-17(12-20)19(21-13-15-8-4-2-5-9-15)22-18(14)16-10-6-3-7-11-16/h2-11,21-22H,13H2,1H3. The number of rotatable bonds is 4. The first-order valence-electron chi connectivity index (χ1n) is 7.25. The molecular formula is C19H17N3. The lowest BCUT2D eigenvalue weighted by Gasteiger charge is -2.05. The van der Waals surface area contributed by atoms with Crippen molar-refractivity contribution in [1.82, 2.24) is 4.98 Å². The normalized spacial score (nSPS) is 10.2. The number of benzene rings is 2. The van der Waals surface area contributed by atoms with Gasteiger partial charge in [-0.1, -0.05) is 60.7 Å². The van der Waals surface area contributed by atoms with E-state index < -0.39 is 0 Å². The molecule has 3 aromatic rings. The minimum Gasteiger partial charge on any atom is -0.366 e. The number of hydrogen-bond acceptors (Lipinski definition) is 2. The maximum atomic E-state index is 9.45. The highest BCUT2D eigenvalue weighted by Gasteiger charge is 2.14. The number of nitriles is 1. The molecule has 0 unspecified atom stereocenters. The lowest BCUT2D eigenvalue weighted by atomic mass is 10.1. The van der Waals surface area contributed by atoms with E-state index in [1.165, 1.54) is 5.56 Å². The summed E-state index contributed by atoms with van der Waals surface area (Å²) in [4.78, 5) is 3.35. The average molecular weight is 287 g/mol. The Balaban J connectivity index is 1.90. The predicted octanol–water partition coefficient (Wildman–Crippen LogP) is 4.47. The van der Waals surface area contributed by atoms with Crippen LogP contribution in [-0.4, -0.2) is 4.98 Å². The van der Waals surface area contributed by atoms with Crippen molar-refractivity contribution in [2.24, 2.45) is 0 Å². The van der Waals surface area contributed by atoms with Crippen molar-refractivity contribution in [1.29, 1.82) is 5.26 Å². The summed E-state index contributed by atoms with van der Waals surface area (Å²) in [6.45, 7) is 2.66. The number of anilines is 1. The third-order valence-electron chi connectivity index (χ3n) is 3.74. The molecule has 0 atom stereocenters. The van der Waals surface area contributed by atoms with E-state index in [0.717, 1.165) is 22.6 Å². The highest BCUT2D eigenvalue weighted by molar-refractivity contribution is 5.73. The van der Waals surface area contributed by atoms with Gasteiger partial charge in [-0.3, -0.25) is 0 Å². The van der Waals surface area contributed by atoms with Crippen molar-refractivity contribution in [3.05, 3.63) is 77.4 Å². The third-order valence-corrected chi connectivity index (χ3v) is 3.74. The molecule has 2 N–H and O–H groups in total. The van der Waals surface area contributed by atoms with E-state index >= 15 is 0 Å². The van der Waals surface area contributed by atoms with Gasteiger partial charge in [-0.25, -0.2) is 0 Å². The van der Waals surface area contributed by atoms with Crippen molar-refractivity contribution in [2.75, 3.05) is 5.32 Å². The van der Waals surface area contributed by atoms with Crippen LogP contribution < -0.4 is 5.32 Å². The van der Waals surface area contributed by atoms with Crippen LogP contribution >= 0.6 is 0 Å². The van der Waals surface area contributed by atoms with Crippen LogP contribution in [0.25, 0.3) is 11.3 Å². The molecule has 0 aliphatic rings. The Morgan fingerprint density at radius 2 is 1.64 bits per heavy atom. The van der Waals surface area contributed by atoms with Gasteiger partial charge in [-0.05, 0) is 23.6 Å². The topological polar surface area (TPSA) is 51.6 Å². The number of hydrogen-bond donors (Lipinski definition) is 2. The molecule has 0 spiro atoms. The number of nitrogens with one attached hydrogen (secondary N) is 2. The van der Waals surface area contributed by atoms with Crippen molar-refractivity contribution in [3.63, 3.8) is 0 Å². The monoisotopic (exact) mass is 287 g/mol. The smallest absolute Gasteiger partial charge is 0.122 e. The molecule has 0 aliphatic heterocycles. The summed E-state index contributed by atoms with van der Waals surface area (Å²) < 4.78 is 0. The van der Waals surface area contributed by atoms with Crippen molar-refractivity contribution < 1.29 is 0 Å². The fourth-order valence-electron chi connectivity index (χ4n) is 2.55. The molecule has 1 aromatic heterocycles. The lowest BCUT2D eigenvalue weighted by molar-refractivity contribution is 1.12. The van der Waals surface area contributed by atoms with Crippen molar-refractivity contribution in [3.8, 4) is 17.3 Å². The second-order valence-electron chi connectivity index (χ2n) is 5.19. The summed E-state index contributed by atoms with van der Waals surface area (Å²) in [5, 5.41) is 12.8. The molecule has 0 amide bonds. The molecule has 0 saturated carbocycles. The van der Waals surface area contributed by atoms with Gasteiger partial charge in [0.05, 0.1) is 11.3 Å².